The van der Waals surface area contributed by atoms with Gasteiger partial charge in [0.1, 0.15) is 6.04 Å². The van der Waals surface area contributed by atoms with Gasteiger partial charge >= 0.3 is 5.97 Å². The molecule has 0 saturated heterocycles. The van der Waals surface area contributed by atoms with Gasteiger partial charge in [-0.25, -0.2) is 4.79 Å². The lowest BCUT2D eigenvalue weighted by atomic mass is 10.3. The molecule has 0 saturated carbocycles. The van der Waals surface area contributed by atoms with Gasteiger partial charge in [-0.3, -0.25) is 14.2 Å². The molecule has 0 bridgehead atoms. The lowest BCUT2D eigenvalue weighted by molar-refractivity contribution is -0.119. The summed E-state index contributed by atoms with van der Waals surface area (Å²) < 4.78 is 3.05. The van der Waals surface area contributed by atoms with Gasteiger partial charge in [0, 0.05) is 18.9 Å². The summed E-state index contributed by atoms with van der Waals surface area (Å²) in [6, 6.07) is 0.731. The largest absolute Gasteiger partial charge is 0.476 e. The van der Waals surface area contributed by atoms with Crippen LogP contribution in [0.5, 0.6) is 0 Å². The number of nitrogens with zero attached hydrogens (tertiary/aromatic N) is 4. The SMILES string of the molecule is CCn1cc(NC(=O)C(C)n2ccc(C(=O)O)n2)c(C)n1. The van der Waals surface area contributed by atoms with Crippen molar-refractivity contribution >= 4 is 17.6 Å². The number of carbonyl (C=O) groups is 2. The van der Waals surface area contributed by atoms with Crippen LogP contribution in [0.4, 0.5) is 5.69 Å². The quantitative estimate of drug-likeness (QED) is 0.864. The minimum Gasteiger partial charge on any atom is -0.476 e. The predicted molar refractivity (Wildman–Crippen MR) is 75.2 cm³/mol. The molecule has 1 amide bonds. The number of carbonyl (C=O) groups excluding carboxylic acids is 1. The summed E-state index contributed by atoms with van der Waals surface area (Å²) in [7, 11) is 0. The fourth-order valence-corrected chi connectivity index (χ4v) is 1.83. The number of aromatic nitrogens is 4. The van der Waals surface area contributed by atoms with Gasteiger partial charge < -0.3 is 10.4 Å². The molecular formula is C13H17N5O3. The summed E-state index contributed by atoms with van der Waals surface area (Å²) >= 11 is 0. The Morgan fingerprint density at radius 3 is 2.67 bits per heavy atom. The van der Waals surface area contributed by atoms with Gasteiger partial charge in [0.05, 0.1) is 11.4 Å². The summed E-state index contributed by atoms with van der Waals surface area (Å²) in [5.74, 6) is -1.41. The Balaban J connectivity index is 2.11. The van der Waals surface area contributed by atoms with Crippen molar-refractivity contribution < 1.29 is 14.7 Å². The zero-order valence-electron chi connectivity index (χ0n) is 12.1. The molecule has 0 spiro atoms. The number of hydrogen-bond donors (Lipinski definition) is 2. The second kappa shape index (κ2) is 5.78. The number of amides is 1. The van der Waals surface area contributed by atoms with Crippen molar-refractivity contribution in [1.82, 2.24) is 19.6 Å². The first-order valence-electron chi connectivity index (χ1n) is 6.55. The predicted octanol–water partition coefficient (Wildman–Crippen LogP) is 1.31. The minimum absolute atomic E-state index is 0.0929. The molecule has 1 unspecified atom stereocenters. The fraction of sp³-hybridized carbons (Fsp3) is 0.385. The van der Waals surface area contributed by atoms with Crippen LogP contribution in [0, 0.1) is 6.92 Å². The maximum Gasteiger partial charge on any atom is 0.356 e. The first-order valence-corrected chi connectivity index (χ1v) is 6.55. The van der Waals surface area contributed by atoms with Crippen LogP contribution in [0.3, 0.4) is 0 Å². The molecule has 21 heavy (non-hydrogen) atoms. The van der Waals surface area contributed by atoms with E-state index in [1.54, 1.807) is 17.8 Å². The van der Waals surface area contributed by atoms with Crippen LogP contribution in [0.2, 0.25) is 0 Å². The summed E-state index contributed by atoms with van der Waals surface area (Å²) in [4.78, 5) is 23.0. The van der Waals surface area contributed by atoms with E-state index in [2.05, 4.69) is 15.5 Å². The topological polar surface area (TPSA) is 102 Å². The van der Waals surface area contributed by atoms with E-state index in [1.807, 2.05) is 13.8 Å². The third-order valence-electron chi connectivity index (χ3n) is 3.13. The average Bonchev–Trinajstić information content (AvgIpc) is 3.05. The molecule has 2 N–H and O–H groups in total. The second-order valence-corrected chi connectivity index (χ2v) is 4.64. The first-order chi connectivity index (χ1) is 9.92. The van der Waals surface area contributed by atoms with Crippen LogP contribution in [0.15, 0.2) is 18.5 Å². The number of anilines is 1. The van der Waals surface area contributed by atoms with Crippen molar-refractivity contribution in [2.75, 3.05) is 5.32 Å². The fourth-order valence-electron chi connectivity index (χ4n) is 1.83. The number of hydrogen-bond acceptors (Lipinski definition) is 4. The number of aryl methyl sites for hydroxylation is 2. The summed E-state index contributed by atoms with van der Waals surface area (Å²) in [5.41, 5.74) is 1.27. The monoisotopic (exact) mass is 291 g/mol. The van der Waals surface area contributed by atoms with Crippen molar-refractivity contribution in [1.29, 1.82) is 0 Å². The Kier molecular flexibility index (Phi) is 4.06. The zero-order chi connectivity index (χ0) is 15.6. The van der Waals surface area contributed by atoms with Gasteiger partial charge in [-0.15, -0.1) is 0 Å². The molecule has 8 nitrogen and oxygen atoms in total. The molecular weight excluding hydrogens is 274 g/mol. The number of carboxylic acid groups (broad SMARTS) is 1. The summed E-state index contributed by atoms with van der Waals surface area (Å²) in [6.07, 6.45) is 3.22. The van der Waals surface area contributed by atoms with Gasteiger partial charge in [0.15, 0.2) is 5.69 Å². The van der Waals surface area contributed by atoms with Gasteiger partial charge in [-0.1, -0.05) is 0 Å². The highest BCUT2D eigenvalue weighted by molar-refractivity contribution is 5.93. The van der Waals surface area contributed by atoms with Crippen molar-refractivity contribution in [3.8, 4) is 0 Å². The van der Waals surface area contributed by atoms with Crippen LogP contribution in [0.1, 0.15) is 36.1 Å². The van der Waals surface area contributed by atoms with E-state index in [9.17, 15) is 9.59 Å². The maximum absolute atomic E-state index is 12.2. The molecule has 0 aliphatic rings. The molecule has 0 radical (unpaired) electrons. The van der Waals surface area contributed by atoms with Crippen molar-refractivity contribution in [2.24, 2.45) is 0 Å². The standard InChI is InChI=1S/C13H17N5O3/c1-4-17-7-11(8(2)15-17)14-12(19)9(3)18-6-5-10(16-18)13(20)21/h5-7,9H,4H2,1-3H3,(H,14,19)(H,20,21). The van der Waals surface area contributed by atoms with Crippen molar-refractivity contribution in [2.45, 2.75) is 33.4 Å². The Morgan fingerprint density at radius 2 is 2.14 bits per heavy atom. The van der Waals surface area contributed by atoms with Crippen molar-refractivity contribution in [3.63, 3.8) is 0 Å². The number of aromatic carboxylic acids is 1. The zero-order valence-corrected chi connectivity index (χ0v) is 12.1. The van der Waals surface area contributed by atoms with Crippen LogP contribution in [0.25, 0.3) is 0 Å². The van der Waals surface area contributed by atoms with E-state index in [-0.39, 0.29) is 11.6 Å². The minimum atomic E-state index is -1.12. The number of rotatable bonds is 5. The Bertz CT molecular complexity index is 673. The highest BCUT2D eigenvalue weighted by Gasteiger charge is 2.19. The Morgan fingerprint density at radius 1 is 1.43 bits per heavy atom. The molecule has 0 fully saturated rings. The van der Waals surface area contributed by atoms with E-state index in [0.717, 1.165) is 5.69 Å². The number of nitrogens with one attached hydrogen (secondary N) is 1. The number of carboxylic acids is 1. The third kappa shape index (κ3) is 3.10. The molecule has 0 aliphatic carbocycles. The Labute approximate surface area is 121 Å². The lowest BCUT2D eigenvalue weighted by Gasteiger charge is -2.11. The molecule has 2 rings (SSSR count). The van der Waals surface area contributed by atoms with Crippen LogP contribution in [-0.4, -0.2) is 36.5 Å². The highest BCUT2D eigenvalue weighted by atomic mass is 16.4. The highest BCUT2D eigenvalue weighted by Crippen LogP contribution is 2.15. The van der Waals surface area contributed by atoms with E-state index in [0.29, 0.717) is 12.2 Å². The van der Waals surface area contributed by atoms with E-state index in [1.165, 1.54) is 16.9 Å². The van der Waals surface area contributed by atoms with Gasteiger partial charge in [-0.05, 0) is 26.8 Å². The normalized spacial score (nSPS) is 12.1. The molecule has 0 aromatic carbocycles. The molecule has 1 atom stereocenters. The molecule has 2 aromatic heterocycles. The maximum atomic E-state index is 12.2. The van der Waals surface area contributed by atoms with Crippen LogP contribution in [-0.2, 0) is 11.3 Å². The molecule has 2 heterocycles. The van der Waals surface area contributed by atoms with Crippen LogP contribution >= 0.6 is 0 Å². The smallest absolute Gasteiger partial charge is 0.356 e. The van der Waals surface area contributed by atoms with Crippen LogP contribution < -0.4 is 5.32 Å². The average molecular weight is 291 g/mol. The third-order valence-corrected chi connectivity index (χ3v) is 3.13. The van der Waals surface area contributed by atoms with E-state index >= 15 is 0 Å². The molecule has 112 valence electrons. The molecule has 0 aliphatic heterocycles. The Hall–Kier alpha value is -2.64. The summed E-state index contributed by atoms with van der Waals surface area (Å²) in [5, 5.41) is 19.7. The van der Waals surface area contributed by atoms with E-state index < -0.39 is 12.0 Å². The molecule has 2 aromatic rings. The van der Waals surface area contributed by atoms with Crippen molar-refractivity contribution in [3.05, 3.63) is 29.8 Å². The van der Waals surface area contributed by atoms with Gasteiger partial charge in [0.25, 0.3) is 0 Å². The van der Waals surface area contributed by atoms with E-state index in [4.69, 9.17) is 5.11 Å². The van der Waals surface area contributed by atoms with Gasteiger partial charge in [-0.2, -0.15) is 10.2 Å². The van der Waals surface area contributed by atoms with Gasteiger partial charge in [0.2, 0.25) is 5.91 Å². The summed E-state index contributed by atoms with van der Waals surface area (Å²) in [6.45, 7) is 6.13. The second-order valence-electron chi connectivity index (χ2n) is 4.64. The lowest BCUT2D eigenvalue weighted by Crippen LogP contribution is -2.24. The molecule has 8 heteroatoms. The first kappa shape index (κ1) is 14.8.